The van der Waals surface area contributed by atoms with E-state index >= 15 is 0 Å². The topological polar surface area (TPSA) is 82.1 Å². The summed E-state index contributed by atoms with van der Waals surface area (Å²) in [6.45, 7) is 16.6. The van der Waals surface area contributed by atoms with Crippen LogP contribution in [0.4, 0.5) is 9.59 Å². The fourth-order valence-electron chi connectivity index (χ4n) is 2.68. The molecular weight excluding hydrogens is 378 g/mol. The van der Waals surface area contributed by atoms with Crippen molar-refractivity contribution in [2.45, 2.75) is 84.3 Å². The summed E-state index contributed by atoms with van der Waals surface area (Å²) in [6, 6.07) is 0. The third kappa shape index (κ3) is 6.36. The van der Waals surface area contributed by atoms with Crippen molar-refractivity contribution in [3.05, 3.63) is 11.8 Å². The molecule has 1 aliphatic carbocycles. The Bertz CT molecular complexity index is 625. The van der Waals surface area contributed by atoms with Gasteiger partial charge in [0.05, 0.1) is 15.2 Å². The Morgan fingerprint density at radius 3 is 1.71 bits per heavy atom. The van der Waals surface area contributed by atoms with Crippen molar-refractivity contribution in [3.63, 3.8) is 0 Å². The van der Waals surface area contributed by atoms with Crippen LogP contribution in [0.25, 0.3) is 0 Å². The van der Waals surface area contributed by atoms with Crippen molar-refractivity contribution < 1.29 is 28.6 Å². The molecule has 7 nitrogen and oxygen atoms in total. The maximum Gasteiger partial charge on any atom is 0.420 e. The highest BCUT2D eigenvalue weighted by atomic mass is 28.3. The quantitative estimate of drug-likeness (QED) is 0.383. The van der Waals surface area contributed by atoms with Gasteiger partial charge in [-0.3, -0.25) is 0 Å². The highest BCUT2D eigenvalue weighted by Crippen LogP contribution is 2.51. The number of hydrogen-bond donors (Lipinski definition) is 0. The number of imide groups is 1. The Morgan fingerprint density at radius 2 is 1.39 bits per heavy atom. The van der Waals surface area contributed by atoms with E-state index in [4.69, 9.17) is 14.2 Å². The maximum absolute atomic E-state index is 12.9. The van der Waals surface area contributed by atoms with Crippen LogP contribution in [0.15, 0.2) is 11.8 Å². The molecule has 160 valence electrons. The molecule has 0 aliphatic heterocycles. The van der Waals surface area contributed by atoms with E-state index in [0.717, 1.165) is 4.90 Å². The van der Waals surface area contributed by atoms with Gasteiger partial charge in [0.25, 0.3) is 0 Å². The molecule has 1 aliphatic rings. The van der Waals surface area contributed by atoms with E-state index < -0.39 is 43.0 Å². The molecule has 1 saturated carbocycles. The van der Waals surface area contributed by atoms with Crippen LogP contribution < -0.4 is 0 Å². The first-order valence-electron chi connectivity index (χ1n) is 9.47. The number of carbonyl (C=O) groups is 3. The van der Waals surface area contributed by atoms with Gasteiger partial charge in [-0.25, -0.2) is 14.4 Å². The van der Waals surface area contributed by atoms with Crippen LogP contribution in [0, 0.1) is 5.92 Å². The average Bonchev–Trinajstić information content (AvgIpc) is 3.15. The number of nitrogens with zero attached hydrogens (tertiary/aromatic N) is 1. The number of esters is 1. The standard InChI is InChI=1S/C20H35NO6Si/c1-18(2,3)26-16(23)21(17(24)27-19(4,5)6)20(15(22)25-7)13-14(20)11-12-28(8,9)10/h11-12,14H,13H2,1-10H3/b12-11+/t14-,20+/m0/s1. The van der Waals surface area contributed by atoms with Crippen LogP contribution in [0.5, 0.6) is 0 Å². The van der Waals surface area contributed by atoms with Gasteiger partial charge < -0.3 is 14.2 Å². The van der Waals surface area contributed by atoms with Gasteiger partial charge in [-0.05, 0) is 48.0 Å². The first kappa shape index (κ1) is 24.2. The summed E-state index contributed by atoms with van der Waals surface area (Å²) in [6.07, 6.45) is 0.344. The predicted molar refractivity (Wildman–Crippen MR) is 110 cm³/mol. The zero-order chi connectivity index (χ0) is 22.1. The van der Waals surface area contributed by atoms with E-state index in [1.54, 1.807) is 41.5 Å². The van der Waals surface area contributed by atoms with Crippen LogP contribution in [-0.2, 0) is 19.0 Å². The van der Waals surface area contributed by atoms with Crippen molar-refractivity contribution >= 4 is 26.2 Å². The average molecular weight is 414 g/mol. The van der Waals surface area contributed by atoms with Gasteiger partial charge in [0.1, 0.15) is 11.2 Å². The minimum absolute atomic E-state index is 0.277. The van der Waals surface area contributed by atoms with Crippen LogP contribution in [0.1, 0.15) is 48.0 Å². The smallest absolute Gasteiger partial charge is 0.420 e. The Labute approximate surface area is 169 Å². The molecule has 0 radical (unpaired) electrons. The number of hydrogen-bond acceptors (Lipinski definition) is 6. The van der Waals surface area contributed by atoms with Gasteiger partial charge in [0.2, 0.25) is 0 Å². The Hall–Kier alpha value is -1.83. The summed E-state index contributed by atoms with van der Waals surface area (Å²) in [7, 11) is -0.296. The summed E-state index contributed by atoms with van der Waals surface area (Å²) in [5.41, 5.74) is -1.04. The minimum Gasteiger partial charge on any atom is -0.467 e. The third-order valence-corrected chi connectivity index (χ3v) is 5.10. The largest absolute Gasteiger partial charge is 0.467 e. The molecule has 0 unspecified atom stereocenters. The molecule has 0 N–H and O–H groups in total. The lowest BCUT2D eigenvalue weighted by Crippen LogP contribution is -2.55. The molecule has 0 bridgehead atoms. The van der Waals surface area contributed by atoms with Crippen LogP contribution in [0.2, 0.25) is 19.6 Å². The van der Waals surface area contributed by atoms with E-state index in [9.17, 15) is 14.4 Å². The summed E-state index contributed by atoms with van der Waals surface area (Å²) >= 11 is 0. The molecule has 0 aromatic rings. The number of ether oxygens (including phenoxy) is 3. The Kier molecular flexibility index (Phi) is 6.82. The van der Waals surface area contributed by atoms with Crippen molar-refractivity contribution in [3.8, 4) is 0 Å². The Balaban J connectivity index is 3.37. The normalized spacial score (nSPS) is 22.6. The fraction of sp³-hybridized carbons (Fsp3) is 0.750. The second kappa shape index (κ2) is 7.89. The lowest BCUT2D eigenvalue weighted by Gasteiger charge is -2.32. The molecule has 8 heteroatoms. The molecule has 0 heterocycles. The second-order valence-corrected chi connectivity index (χ2v) is 15.3. The predicted octanol–water partition coefficient (Wildman–Crippen LogP) is 4.52. The summed E-state index contributed by atoms with van der Waals surface area (Å²) < 4.78 is 15.8. The van der Waals surface area contributed by atoms with Crippen LogP contribution in [0.3, 0.4) is 0 Å². The summed E-state index contributed by atoms with van der Waals surface area (Å²) in [4.78, 5) is 39.3. The minimum atomic E-state index is -1.54. The fourth-order valence-corrected chi connectivity index (χ4v) is 3.49. The third-order valence-electron chi connectivity index (χ3n) is 3.90. The lowest BCUT2D eigenvalue weighted by atomic mass is 10.1. The van der Waals surface area contributed by atoms with E-state index in [1.807, 2.05) is 6.08 Å². The van der Waals surface area contributed by atoms with E-state index in [-0.39, 0.29) is 12.3 Å². The second-order valence-electron chi connectivity index (χ2n) is 10.2. The van der Waals surface area contributed by atoms with Gasteiger partial charge in [-0.15, -0.1) is 0 Å². The van der Waals surface area contributed by atoms with Crippen molar-refractivity contribution in [2.24, 2.45) is 5.92 Å². The zero-order valence-corrected chi connectivity index (χ0v) is 19.8. The molecule has 0 aromatic heterocycles. The summed E-state index contributed by atoms with van der Waals surface area (Å²) in [5.74, 6) is -0.999. The van der Waals surface area contributed by atoms with Gasteiger partial charge in [-0.2, -0.15) is 4.90 Å². The lowest BCUT2D eigenvalue weighted by molar-refractivity contribution is -0.149. The van der Waals surface area contributed by atoms with Crippen molar-refractivity contribution in [1.82, 2.24) is 4.90 Å². The highest BCUT2D eigenvalue weighted by molar-refractivity contribution is 6.80. The van der Waals surface area contributed by atoms with Gasteiger partial charge >= 0.3 is 18.2 Å². The molecule has 0 saturated heterocycles. The zero-order valence-electron chi connectivity index (χ0n) is 18.8. The molecule has 28 heavy (non-hydrogen) atoms. The van der Waals surface area contributed by atoms with E-state index in [2.05, 4.69) is 25.3 Å². The molecule has 0 spiro atoms. The van der Waals surface area contributed by atoms with Gasteiger partial charge in [-0.1, -0.05) is 31.4 Å². The maximum atomic E-state index is 12.9. The first-order valence-corrected chi connectivity index (χ1v) is 13.0. The molecular formula is C20H35NO6Si. The van der Waals surface area contributed by atoms with Gasteiger partial charge in [0, 0.05) is 5.92 Å². The monoisotopic (exact) mass is 413 g/mol. The Morgan fingerprint density at radius 1 is 0.964 bits per heavy atom. The van der Waals surface area contributed by atoms with Gasteiger partial charge in [0.15, 0.2) is 5.54 Å². The van der Waals surface area contributed by atoms with Crippen LogP contribution in [-0.4, -0.2) is 55.0 Å². The first-order chi connectivity index (χ1) is 12.4. The number of rotatable bonds is 4. The highest BCUT2D eigenvalue weighted by Gasteiger charge is 2.69. The number of amides is 2. The SMILES string of the molecule is COC(=O)[C@@]1(N(C(=O)OC(C)(C)C)C(=O)OC(C)(C)C)C[C@@H]1/C=C/[Si](C)(C)C. The van der Waals surface area contributed by atoms with Crippen molar-refractivity contribution in [2.75, 3.05) is 7.11 Å². The molecule has 1 fully saturated rings. The number of carbonyl (C=O) groups excluding carboxylic acids is 3. The van der Waals surface area contributed by atoms with E-state index in [0.29, 0.717) is 0 Å². The summed E-state index contributed by atoms with van der Waals surface area (Å²) in [5, 5.41) is 0. The van der Waals surface area contributed by atoms with Crippen LogP contribution >= 0.6 is 0 Å². The van der Waals surface area contributed by atoms with Crippen molar-refractivity contribution in [1.29, 1.82) is 0 Å². The molecule has 2 atom stereocenters. The molecule has 0 aromatic carbocycles. The molecule has 2 amide bonds. The van der Waals surface area contributed by atoms with E-state index in [1.165, 1.54) is 7.11 Å². The number of methoxy groups -OCH3 is 1. The molecule has 1 rings (SSSR count).